The summed E-state index contributed by atoms with van der Waals surface area (Å²) < 4.78 is 0. The third-order valence-corrected chi connectivity index (χ3v) is 6.68. The number of carbonyl (C=O) groups excluding carboxylic acids is 2. The van der Waals surface area contributed by atoms with Crippen molar-refractivity contribution in [3.05, 3.63) is 61.8 Å². The molecule has 1 aromatic heterocycles. The molecule has 1 atom stereocenters. The van der Waals surface area contributed by atoms with Crippen molar-refractivity contribution in [1.29, 1.82) is 0 Å². The maximum Gasteiger partial charge on any atom is 0.290 e. The van der Waals surface area contributed by atoms with Gasteiger partial charge in [-0.3, -0.25) is 9.59 Å². The van der Waals surface area contributed by atoms with Crippen LogP contribution in [0.2, 0.25) is 5.02 Å². The zero-order valence-electron chi connectivity index (χ0n) is 17.6. The number of aliphatic hydroxyl groups excluding tert-OH is 1. The largest absolute Gasteiger partial charge is 0.503 e. The number of aliphatic hydroxyl groups is 1. The Morgan fingerprint density at radius 1 is 1.30 bits per heavy atom. The van der Waals surface area contributed by atoms with Crippen LogP contribution in [0.5, 0.6) is 0 Å². The number of hydrogen-bond acceptors (Lipinski definition) is 6. The van der Waals surface area contributed by atoms with Gasteiger partial charge in [0, 0.05) is 18.1 Å². The average Bonchev–Trinajstić information content (AvgIpc) is 3.18. The molecular weight excluding hydrogens is 422 g/mol. The van der Waals surface area contributed by atoms with Crippen LogP contribution in [0.15, 0.2) is 35.6 Å². The van der Waals surface area contributed by atoms with E-state index in [1.165, 1.54) is 11.3 Å². The van der Waals surface area contributed by atoms with Gasteiger partial charge in [-0.1, -0.05) is 37.6 Å². The molecule has 1 aliphatic heterocycles. The molecular formula is C22H26ClN3O3S. The highest BCUT2D eigenvalue weighted by molar-refractivity contribution is 7.14. The zero-order valence-corrected chi connectivity index (χ0v) is 19.2. The maximum atomic E-state index is 13.4. The standard InChI is InChI=1S/C22H26ClN3O3S/c1-5-25(6-2)10-11-26-18(15-8-7-9-16(23)12-15)17(20(28)22(26)29)19(27)21-13(3)24-14(4)30-21/h7-9,12,18,28H,5-6,10-11H2,1-4H3. The van der Waals surface area contributed by atoms with Crippen molar-refractivity contribution in [2.45, 2.75) is 33.7 Å². The Balaban J connectivity index is 2.05. The number of nitrogens with zero attached hydrogens (tertiary/aromatic N) is 3. The van der Waals surface area contributed by atoms with Crippen LogP contribution in [0.4, 0.5) is 0 Å². The Morgan fingerprint density at radius 2 is 2.00 bits per heavy atom. The van der Waals surface area contributed by atoms with Crippen molar-refractivity contribution >= 4 is 34.6 Å². The topological polar surface area (TPSA) is 73.7 Å². The van der Waals surface area contributed by atoms with E-state index < -0.39 is 17.7 Å². The first-order valence-corrected chi connectivity index (χ1v) is 11.2. The minimum Gasteiger partial charge on any atom is -0.503 e. The van der Waals surface area contributed by atoms with Crippen LogP contribution in [0.25, 0.3) is 0 Å². The monoisotopic (exact) mass is 447 g/mol. The van der Waals surface area contributed by atoms with Gasteiger partial charge >= 0.3 is 0 Å². The Kier molecular flexibility index (Phi) is 6.95. The third-order valence-electron chi connectivity index (χ3n) is 5.37. The summed E-state index contributed by atoms with van der Waals surface area (Å²) in [5.41, 5.74) is 1.39. The predicted molar refractivity (Wildman–Crippen MR) is 119 cm³/mol. The van der Waals surface area contributed by atoms with Crippen molar-refractivity contribution in [2.75, 3.05) is 26.2 Å². The maximum absolute atomic E-state index is 13.4. The number of rotatable bonds is 8. The molecule has 0 aliphatic carbocycles. The fraction of sp³-hybridized carbons (Fsp3) is 0.409. The molecule has 1 aromatic carbocycles. The molecule has 2 heterocycles. The van der Waals surface area contributed by atoms with E-state index >= 15 is 0 Å². The van der Waals surface area contributed by atoms with Gasteiger partial charge in [0.25, 0.3) is 5.91 Å². The van der Waals surface area contributed by atoms with E-state index in [2.05, 4.69) is 23.7 Å². The highest BCUT2D eigenvalue weighted by Gasteiger charge is 2.44. The van der Waals surface area contributed by atoms with Crippen LogP contribution >= 0.6 is 22.9 Å². The third kappa shape index (κ3) is 4.29. The van der Waals surface area contributed by atoms with Gasteiger partial charge in [0.15, 0.2) is 5.76 Å². The number of hydrogen-bond donors (Lipinski definition) is 1. The summed E-state index contributed by atoms with van der Waals surface area (Å²) in [6.45, 7) is 10.4. The van der Waals surface area contributed by atoms with Crippen molar-refractivity contribution in [1.82, 2.24) is 14.8 Å². The lowest BCUT2D eigenvalue weighted by Gasteiger charge is -2.29. The van der Waals surface area contributed by atoms with Crippen molar-refractivity contribution in [3.63, 3.8) is 0 Å². The van der Waals surface area contributed by atoms with E-state index in [-0.39, 0.29) is 11.4 Å². The fourth-order valence-corrected chi connectivity index (χ4v) is 4.87. The molecule has 0 saturated carbocycles. The summed E-state index contributed by atoms with van der Waals surface area (Å²) in [6, 6.07) is 6.39. The van der Waals surface area contributed by atoms with Crippen LogP contribution in [-0.2, 0) is 4.79 Å². The van der Waals surface area contributed by atoms with E-state index in [4.69, 9.17) is 11.6 Å². The summed E-state index contributed by atoms with van der Waals surface area (Å²) in [5, 5.41) is 12.0. The highest BCUT2D eigenvalue weighted by atomic mass is 35.5. The molecule has 1 N–H and O–H groups in total. The lowest BCUT2D eigenvalue weighted by Crippen LogP contribution is -2.38. The molecule has 3 rings (SSSR count). The molecule has 1 unspecified atom stereocenters. The molecule has 6 nitrogen and oxygen atoms in total. The normalized spacial score (nSPS) is 16.8. The second-order valence-corrected chi connectivity index (χ2v) is 8.86. The number of thiazole rings is 1. The van der Waals surface area contributed by atoms with E-state index in [0.717, 1.165) is 18.1 Å². The summed E-state index contributed by atoms with van der Waals surface area (Å²) in [7, 11) is 0. The van der Waals surface area contributed by atoms with Crippen LogP contribution < -0.4 is 0 Å². The van der Waals surface area contributed by atoms with Crippen LogP contribution in [0.3, 0.4) is 0 Å². The van der Waals surface area contributed by atoms with E-state index in [1.54, 1.807) is 30.0 Å². The Hall–Kier alpha value is -2.22. The number of ketones is 1. The molecule has 160 valence electrons. The number of aryl methyl sites for hydroxylation is 2. The first-order chi connectivity index (χ1) is 14.3. The van der Waals surface area contributed by atoms with Crippen molar-refractivity contribution in [3.8, 4) is 0 Å². The lowest BCUT2D eigenvalue weighted by atomic mass is 9.95. The van der Waals surface area contributed by atoms with Gasteiger partial charge in [0.2, 0.25) is 5.78 Å². The van der Waals surface area contributed by atoms with Crippen LogP contribution in [-0.4, -0.2) is 57.8 Å². The van der Waals surface area contributed by atoms with Crippen molar-refractivity contribution < 1.29 is 14.7 Å². The van der Waals surface area contributed by atoms with E-state index in [0.29, 0.717) is 34.2 Å². The molecule has 0 bridgehead atoms. The fourth-order valence-electron chi connectivity index (χ4n) is 3.79. The number of halogens is 1. The van der Waals surface area contributed by atoms with Crippen molar-refractivity contribution in [2.24, 2.45) is 0 Å². The summed E-state index contributed by atoms with van der Waals surface area (Å²) in [5.74, 6) is -1.39. The molecule has 8 heteroatoms. The Labute approximate surface area is 185 Å². The van der Waals surface area contributed by atoms with Gasteiger partial charge in [-0.05, 0) is 44.6 Å². The Morgan fingerprint density at radius 3 is 2.57 bits per heavy atom. The van der Waals surface area contributed by atoms with Gasteiger partial charge < -0.3 is 14.9 Å². The number of carbonyl (C=O) groups is 2. The van der Waals surface area contributed by atoms with E-state index in [1.807, 2.05) is 13.0 Å². The quantitative estimate of drug-likeness (QED) is 0.609. The minimum absolute atomic E-state index is 0.0913. The number of Topliss-reactive ketones (excluding diaryl/α,β-unsaturated/α-hetero) is 1. The molecule has 2 aromatic rings. The second-order valence-electron chi connectivity index (χ2n) is 7.22. The SMILES string of the molecule is CCN(CC)CCN1C(=O)C(O)=C(C(=O)c2sc(C)nc2C)C1c1cccc(Cl)c1. The average molecular weight is 448 g/mol. The van der Waals surface area contributed by atoms with Gasteiger partial charge in [-0.25, -0.2) is 4.98 Å². The number of likely N-dealkylation sites (N-methyl/N-ethyl adjacent to an activating group) is 1. The summed E-state index contributed by atoms with van der Waals surface area (Å²) in [4.78, 5) is 35.0. The molecule has 0 fully saturated rings. The lowest BCUT2D eigenvalue weighted by molar-refractivity contribution is -0.129. The molecule has 1 aliphatic rings. The molecule has 0 saturated heterocycles. The van der Waals surface area contributed by atoms with E-state index in [9.17, 15) is 14.7 Å². The minimum atomic E-state index is -0.693. The van der Waals surface area contributed by atoms with Gasteiger partial charge in [0.05, 0.1) is 27.2 Å². The Bertz CT molecular complexity index is 997. The van der Waals surface area contributed by atoms with Gasteiger partial charge in [-0.15, -0.1) is 11.3 Å². The summed E-state index contributed by atoms with van der Waals surface area (Å²) >= 11 is 7.48. The van der Waals surface area contributed by atoms with Crippen LogP contribution in [0.1, 0.15) is 45.8 Å². The second kappa shape index (κ2) is 9.29. The molecule has 0 radical (unpaired) electrons. The molecule has 0 spiro atoms. The smallest absolute Gasteiger partial charge is 0.290 e. The molecule has 30 heavy (non-hydrogen) atoms. The highest BCUT2D eigenvalue weighted by Crippen LogP contribution is 2.40. The van der Waals surface area contributed by atoms with Gasteiger partial charge in [-0.2, -0.15) is 0 Å². The first kappa shape index (κ1) is 22.5. The van der Waals surface area contributed by atoms with Crippen LogP contribution in [0, 0.1) is 13.8 Å². The summed E-state index contributed by atoms with van der Waals surface area (Å²) in [6.07, 6.45) is 0. The number of aromatic nitrogens is 1. The number of amides is 1. The van der Waals surface area contributed by atoms with Gasteiger partial charge in [0.1, 0.15) is 0 Å². The zero-order chi connectivity index (χ0) is 22.0. The predicted octanol–water partition coefficient (Wildman–Crippen LogP) is 4.33. The number of benzene rings is 1. The molecule has 1 amide bonds. The first-order valence-electron chi connectivity index (χ1n) is 9.99.